The summed E-state index contributed by atoms with van der Waals surface area (Å²) in [5.74, 6) is 1.78. The van der Waals surface area contributed by atoms with Crippen molar-refractivity contribution in [2.45, 2.75) is 6.42 Å². The lowest BCUT2D eigenvalue weighted by Crippen LogP contribution is -2.28. The molecule has 0 aliphatic carbocycles. The highest BCUT2D eigenvalue weighted by Gasteiger charge is 2.14. The summed E-state index contributed by atoms with van der Waals surface area (Å²) < 4.78 is 10.7. The monoisotopic (exact) mass is 236 g/mol. The molecule has 1 aromatic rings. The van der Waals surface area contributed by atoms with E-state index in [0.717, 1.165) is 49.8 Å². The third kappa shape index (κ3) is 2.82. The Bertz CT molecular complexity index is 360. The molecule has 0 bridgehead atoms. The molecule has 94 valence electrons. The van der Waals surface area contributed by atoms with Crippen LogP contribution in [0.15, 0.2) is 18.2 Å². The molecular formula is C13H20N2O2. The quantitative estimate of drug-likeness (QED) is 0.862. The summed E-state index contributed by atoms with van der Waals surface area (Å²) >= 11 is 0. The normalized spacial score (nSPS) is 16.5. The largest absolute Gasteiger partial charge is 0.497 e. The van der Waals surface area contributed by atoms with Gasteiger partial charge in [-0.15, -0.1) is 0 Å². The van der Waals surface area contributed by atoms with Crippen LogP contribution in [0.3, 0.4) is 0 Å². The lowest BCUT2D eigenvalue weighted by Gasteiger charge is -2.24. The molecule has 4 nitrogen and oxygen atoms in total. The first-order chi connectivity index (χ1) is 8.35. The minimum atomic E-state index is 0.873. The van der Waals surface area contributed by atoms with E-state index in [2.05, 4.69) is 10.2 Å². The fourth-order valence-corrected chi connectivity index (χ4v) is 2.13. The smallest absolute Gasteiger partial charge is 0.142 e. The molecule has 1 aromatic carbocycles. The average Bonchev–Trinajstić information content (AvgIpc) is 2.66. The van der Waals surface area contributed by atoms with Gasteiger partial charge in [0.25, 0.3) is 0 Å². The van der Waals surface area contributed by atoms with Crippen LogP contribution in [0.5, 0.6) is 11.5 Å². The molecule has 0 aromatic heterocycles. The minimum absolute atomic E-state index is 0.873. The third-order valence-corrected chi connectivity index (χ3v) is 3.07. The Morgan fingerprint density at radius 2 is 2.00 bits per heavy atom. The standard InChI is InChI=1S/C13H20N2O2/c1-16-11-4-5-13(17-2)12(10-11)15-8-3-6-14-7-9-15/h4-5,10,14H,3,6-9H2,1-2H3. The van der Waals surface area contributed by atoms with Crippen molar-refractivity contribution in [2.24, 2.45) is 0 Å². The topological polar surface area (TPSA) is 33.7 Å². The summed E-state index contributed by atoms with van der Waals surface area (Å²) in [5.41, 5.74) is 1.12. The Hall–Kier alpha value is -1.42. The number of nitrogens with zero attached hydrogens (tertiary/aromatic N) is 1. The van der Waals surface area contributed by atoms with Gasteiger partial charge in [0.2, 0.25) is 0 Å². The molecule has 1 aliphatic rings. The number of hydrogen-bond acceptors (Lipinski definition) is 4. The van der Waals surface area contributed by atoms with E-state index in [1.807, 2.05) is 18.2 Å². The lowest BCUT2D eigenvalue weighted by atomic mass is 10.2. The van der Waals surface area contributed by atoms with Gasteiger partial charge in [0.15, 0.2) is 0 Å². The van der Waals surface area contributed by atoms with E-state index < -0.39 is 0 Å². The maximum absolute atomic E-state index is 5.42. The van der Waals surface area contributed by atoms with Crippen LogP contribution in [-0.2, 0) is 0 Å². The molecular weight excluding hydrogens is 216 g/mol. The van der Waals surface area contributed by atoms with Crippen molar-refractivity contribution in [3.8, 4) is 11.5 Å². The van der Waals surface area contributed by atoms with Crippen LogP contribution in [-0.4, -0.2) is 40.4 Å². The van der Waals surface area contributed by atoms with E-state index in [4.69, 9.17) is 9.47 Å². The van der Waals surface area contributed by atoms with Gasteiger partial charge in [-0.25, -0.2) is 0 Å². The molecule has 0 saturated carbocycles. The van der Waals surface area contributed by atoms with E-state index in [-0.39, 0.29) is 0 Å². The van der Waals surface area contributed by atoms with Gasteiger partial charge < -0.3 is 19.7 Å². The molecule has 1 fully saturated rings. The highest BCUT2D eigenvalue weighted by Crippen LogP contribution is 2.32. The first-order valence-electron chi connectivity index (χ1n) is 6.03. The number of ether oxygens (including phenoxy) is 2. The van der Waals surface area contributed by atoms with Crippen molar-refractivity contribution in [3.63, 3.8) is 0 Å². The van der Waals surface area contributed by atoms with Crippen molar-refractivity contribution >= 4 is 5.69 Å². The molecule has 1 saturated heterocycles. The molecule has 2 rings (SSSR count). The van der Waals surface area contributed by atoms with Gasteiger partial charge in [-0.2, -0.15) is 0 Å². The summed E-state index contributed by atoms with van der Waals surface area (Å²) in [4.78, 5) is 2.35. The van der Waals surface area contributed by atoms with Gasteiger partial charge in [0, 0.05) is 25.7 Å². The van der Waals surface area contributed by atoms with E-state index in [1.165, 1.54) is 0 Å². The number of methoxy groups -OCH3 is 2. The maximum atomic E-state index is 5.42. The zero-order chi connectivity index (χ0) is 12.1. The molecule has 4 heteroatoms. The summed E-state index contributed by atoms with van der Waals surface area (Å²) in [6, 6.07) is 5.94. The van der Waals surface area contributed by atoms with Gasteiger partial charge in [-0.3, -0.25) is 0 Å². The average molecular weight is 236 g/mol. The highest BCUT2D eigenvalue weighted by atomic mass is 16.5. The van der Waals surface area contributed by atoms with Crippen LogP contribution in [0.1, 0.15) is 6.42 Å². The molecule has 1 heterocycles. The van der Waals surface area contributed by atoms with Gasteiger partial charge in [0.05, 0.1) is 19.9 Å². The Kier molecular flexibility index (Phi) is 4.09. The molecule has 0 atom stereocenters. The fourth-order valence-electron chi connectivity index (χ4n) is 2.13. The van der Waals surface area contributed by atoms with Gasteiger partial charge in [0.1, 0.15) is 11.5 Å². The van der Waals surface area contributed by atoms with Crippen LogP contribution in [0, 0.1) is 0 Å². The Balaban J connectivity index is 2.26. The number of anilines is 1. The molecule has 0 unspecified atom stereocenters. The molecule has 0 radical (unpaired) electrons. The first-order valence-corrected chi connectivity index (χ1v) is 6.03. The number of benzene rings is 1. The maximum Gasteiger partial charge on any atom is 0.142 e. The second-order valence-corrected chi connectivity index (χ2v) is 4.13. The van der Waals surface area contributed by atoms with Crippen molar-refractivity contribution in [3.05, 3.63) is 18.2 Å². The van der Waals surface area contributed by atoms with Crippen LogP contribution < -0.4 is 19.7 Å². The molecule has 0 amide bonds. The number of hydrogen-bond donors (Lipinski definition) is 1. The van der Waals surface area contributed by atoms with E-state index in [0.29, 0.717) is 0 Å². The lowest BCUT2D eigenvalue weighted by molar-refractivity contribution is 0.403. The molecule has 17 heavy (non-hydrogen) atoms. The molecule has 1 N–H and O–H groups in total. The minimum Gasteiger partial charge on any atom is -0.497 e. The van der Waals surface area contributed by atoms with E-state index in [9.17, 15) is 0 Å². The Morgan fingerprint density at radius 3 is 2.76 bits per heavy atom. The summed E-state index contributed by atoms with van der Waals surface area (Å²) in [5, 5.41) is 3.40. The van der Waals surface area contributed by atoms with Crippen molar-refractivity contribution < 1.29 is 9.47 Å². The third-order valence-electron chi connectivity index (χ3n) is 3.07. The summed E-state index contributed by atoms with van der Waals surface area (Å²) in [7, 11) is 3.40. The number of nitrogens with one attached hydrogen (secondary N) is 1. The Morgan fingerprint density at radius 1 is 1.12 bits per heavy atom. The second-order valence-electron chi connectivity index (χ2n) is 4.13. The van der Waals surface area contributed by atoms with Gasteiger partial charge >= 0.3 is 0 Å². The van der Waals surface area contributed by atoms with Gasteiger partial charge in [-0.1, -0.05) is 0 Å². The van der Waals surface area contributed by atoms with Crippen LogP contribution in [0.25, 0.3) is 0 Å². The Labute approximate surface area is 103 Å². The van der Waals surface area contributed by atoms with Crippen LogP contribution in [0.4, 0.5) is 5.69 Å². The second kappa shape index (κ2) is 5.77. The molecule has 0 spiro atoms. The highest BCUT2D eigenvalue weighted by molar-refractivity contribution is 5.61. The summed E-state index contributed by atoms with van der Waals surface area (Å²) in [6.07, 6.45) is 1.15. The predicted octanol–water partition coefficient (Wildman–Crippen LogP) is 1.50. The zero-order valence-electron chi connectivity index (χ0n) is 10.5. The van der Waals surface area contributed by atoms with E-state index >= 15 is 0 Å². The van der Waals surface area contributed by atoms with Crippen molar-refractivity contribution in [1.82, 2.24) is 5.32 Å². The predicted molar refractivity (Wildman–Crippen MR) is 69.2 cm³/mol. The van der Waals surface area contributed by atoms with Crippen molar-refractivity contribution in [2.75, 3.05) is 45.3 Å². The van der Waals surface area contributed by atoms with Crippen molar-refractivity contribution in [1.29, 1.82) is 0 Å². The van der Waals surface area contributed by atoms with E-state index in [1.54, 1.807) is 14.2 Å². The number of rotatable bonds is 3. The molecule has 1 aliphatic heterocycles. The van der Waals surface area contributed by atoms with Gasteiger partial charge in [-0.05, 0) is 25.1 Å². The van der Waals surface area contributed by atoms with Crippen LogP contribution >= 0.6 is 0 Å². The van der Waals surface area contributed by atoms with Crippen LogP contribution in [0.2, 0.25) is 0 Å². The SMILES string of the molecule is COc1ccc(OC)c(N2CCCNCC2)c1. The zero-order valence-corrected chi connectivity index (χ0v) is 10.5. The summed E-state index contributed by atoms with van der Waals surface area (Å²) in [6.45, 7) is 4.16. The fraction of sp³-hybridized carbons (Fsp3) is 0.538. The first kappa shape index (κ1) is 12.0.